The number of benzene rings is 3. The van der Waals surface area contributed by atoms with E-state index in [0.717, 1.165) is 37.2 Å². The van der Waals surface area contributed by atoms with Gasteiger partial charge in [0, 0.05) is 32.7 Å². The summed E-state index contributed by atoms with van der Waals surface area (Å²) in [6.45, 7) is 12.3. The highest BCUT2D eigenvalue weighted by Crippen LogP contribution is 2.34. The van der Waals surface area contributed by atoms with Gasteiger partial charge in [-0.3, -0.25) is 15.1 Å². The van der Waals surface area contributed by atoms with Crippen molar-refractivity contribution in [3.63, 3.8) is 0 Å². The molecule has 10 heteroatoms. The first-order valence-electron chi connectivity index (χ1n) is 15.3. The van der Waals surface area contributed by atoms with Crippen LogP contribution in [0.3, 0.4) is 0 Å². The van der Waals surface area contributed by atoms with Crippen molar-refractivity contribution in [3.8, 4) is 0 Å². The van der Waals surface area contributed by atoms with Crippen LogP contribution in [0.15, 0.2) is 72.8 Å². The third kappa shape index (κ3) is 9.79. The Bertz CT molecular complexity index is 1430. The third-order valence-corrected chi connectivity index (χ3v) is 7.29. The number of carbonyl (C=O) groups is 3. The zero-order valence-electron chi connectivity index (χ0n) is 26.9. The number of aryl methyl sites for hydroxylation is 1. The van der Waals surface area contributed by atoms with Gasteiger partial charge in [0.15, 0.2) is 0 Å². The van der Waals surface area contributed by atoms with Gasteiger partial charge in [-0.05, 0) is 76.1 Å². The molecule has 1 aliphatic heterocycles. The zero-order chi connectivity index (χ0) is 32.4. The zero-order valence-corrected chi connectivity index (χ0v) is 26.9. The summed E-state index contributed by atoms with van der Waals surface area (Å²) in [6, 6.07) is 21.6. The number of amides is 3. The molecule has 0 unspecified atom stereocenters. The molecule has 45 heavy (non-hydrogen) atoms. The van der Waals surface area contributed by atoms with E-state index in [1.165, 1.54) is 7.11 Å². The van der Waals surface area contributed by atoms with Gasteiger partial charge < -0.3 is 19.1 Å². The Kier molecular flexibility index (Phi) is 11.6. The fourth-order valence-corrected chi connectivity index (χ4v) is 5.01. The van der Waals surface area contributed by atoms with E-state index >= 15 is 0 Å². The molecule has 0 bridgehead atoms. The van der Waals surface area contributed by atoms with Crippen molar-refractivity contribution < 1.29 is 28.6 Å². The number of nitrogens with one attached hydrogen (secondary N) is 1. The number of carbonyl (C=O) groups excluding carboxylic acids is 3. The van der Waals surface area contributed by atoms with Gasteiger partial charge in [0.05, 0.1) is 42.9 Å². The van der Waals surface area contributed by atoms with Crippen molar-refractivity contribution in [2.75, 3.05) is 56.7 Å². The number of para-hydroxylation sites is 2. The summed E-state index contributed by atoms with van der Waals surface area (Å²) in [6.07, 6.45) is 0.134. The van der Waals surface area contributed by atoms with Crippen molar-refractivity contribution in [2.24, 2.45) is 0 Å². The molecule has 0 saturated carbocycles. The maximum Gasteiger partial charge on any atom is 0.412 e. The van der Waals surface area contributed by atoms with Crippen LogP contribution in [-0.4, -0.2) is 80.0 Å². The van der Waals surface area contributed by atoms with Gasteiger partial charge in [-0.15, -0.1) is 0 Å². The lowest BCUT2D eigenvalue weighted by Crippen LogP contribution is -2.43. The number of urea groups is 1. The molecule has 0 radical (unpaired) electrons. The molecule has 3 aromatic carbocycles. The van der Waals surface area contributed by atoms with Crippen molar-refractivity contribution >= 4 is 35.2 Å². The monoisotopic (exact) mass is 616 g/mol. The molecule has 0 spiro atoms. The first-order valence-corrected chi connectivity index (χ1v) is 15.3. The van der Waals surface area contributed by atoms with Crippen molar-refractivity contribution in [1.82, 2.24) is 9.80 Å². The molecule has 0 aromatic heterocycles. The first kappa shape index (κ1) is 33.5. The molecule has 0 aliphatic carbocycles. The molecular weight excluding hydrogens is 572 g/mol. The summed E-state index contributed by atoms with van der Waals surface area (Å²) >= 11 is 0. The molecule has 1 heterocycles. The summed E-state index contributed by atoms with van der Waals surface area (Å²) in [5.74, 6) is -0.476. The Morgan fingerprint density at radius 2 is 1.60 bits per heavy atom. The second kappa shape index (κ2) is 15.5. The van der Waals surface area contributed by atoms with Crippen molar-refractivity contribution in [2.45, 2.75) is 46.3 Å². The third-order valence-electron chi connectivity index (χ3n) is 7.29. The van der Waals surface area contributed by atoms with Gasteiger partial charge >= 0.3 is 18.1 Å². The topological polar surface area (TPSA) is 101 Å². The predicted molar refractivity (Wildman–Crippen MR) is 175 cm³/mol. The molecule has 3 amide bonds. The van der Waals surface area contributed by atoms with Crippen LogP contribution in [0.4, 0.5) is 26.7 Å². The quantitative estimate of drug-likeness (QED) is 0.256. The number of hydrogen-bond donors (Lipinski definition) is 1. The number of anilines is 3. The van der Waals surface area contributed by atoms with E-state index in [-0.39, 0.29) is 6.03 Å². The molecule has 1 saturated heterocycles. The Hall–Kier alpha value is -4.41. The fourth-order valence-electron chi connectivity index (χ4n) is 5.01. The van der Waals surface area contributed by atoms with Gasteiger partial charge in [-0.2, -0.15) is 0 Å². The molecule has 1 N–H and O–H groups in total. The van der Waals surface area contributed by atoms with Gasteiger partial charge in [0.1, 0.15) is 5.60 Å². The van der Waals surface area contributed by atoms with Crippen molar-refractivity contribution in [3.05, 3.63) is 89.5 Å². The van der Waals surface area contributed by atoms with E-state index in [9.17, 15) is 14.4 Å². The average Bonchev–Trinajstić information content (AvgIpc) is 3.02. The molecule has 1 aliphatic rings. The highest BCUT2D eigenvalue weighted by molar-refractivity contribution is 6.04. The van der Waals surface area contributed by atoms with Crippen LogP contribution in [0.25, 0.3) is 0 Å². The Morgan fingerprint density at radius 1 is 0.933 bits per heavy atom. The Labute approximate surface area is 265 Å². The van der Waals surface area contributed by atoms with Gasteiger partial charge in [0.25, 0.3) is 0 Å². The smallest absolute Gasteiger partial charge is 0.412 e. The highest BCUT2D eigenvalue weighted by Gasteiger charge is 2.28. The van der Waals surface area contributed by atoms with E-state index in [1.54, 1.807) is 74.2 Å². The minimum absolute atomic E-state index is 0.276. The number of ether oxygens (including phenoxy) is 3. The maximum atomic E-state index is 14.7. The van der Waals surface area contributed by atoms with Gasteiger partial charge in [-0.25, -0.2) is 14.4 Å². The second-order valence-electron chi connectivity index (χ2n) is 12.0. The van der Waals surface area contributed by atoms with E-state index in [4.69, 9.17) is 14.2 Å². The maximum absolute atomic E-state index is 14.7. The standard InChI is InChI=1S/C35H44N4O6/c1-26-11-13-27(14-12-26)25-38(20-8-19-37-21-23-44-24-22-37)34(42)39(29-17-15-28(16-18-29)32(40)43-5)31-10-7-6-9-30(31)36-33(41)45-35(2,3)4/h6-7,9-18H,8,19-25H2,1-5H3,(H,36,41). The van der Waals surface area contributed by atoms with E-state index in [1.807, 2.05) is 36.1 Å². The van der Waals surface area contributed by atoms with E-state index < -0.39 is 17.7 Å². The van der Waals surface area contributed by atoms with Crippen LogP contribution in [0, 0.1) is 6.92 Å². The predicted octanol–water partition coefficient (Wildman–Crippen LogP) is 6.61. The second-order valence-corrected chi connectivity index (χ2v) is 12.0. The van der Waals surface area contributed by atoms with Crippen LogP contribution in [0.5, 0.6) is 0 Å². The molecule has 1 fully saturated rings. The molecule has 3 aromatic rings. The number of methoxy groups -OCH3 is 1. The summed E-state index contributed by atoms with van der Waals surface area (Å²) in [7, 11) is 1.32. The summed E-state index contributed by atoms with van der Waals surface area (Å²) in [4.78, 5) is 45.5. The SMILES string of the molecule is COC(=O)c1ccc(N(C(=O)N(CCCN2CCOCC2)Cc2ccc(C)cc2)c2ccccc2NC(=O)OC(C)(C)C)cc1. The van der Waals surface area contributed by atoms with Crippen LogP contribution >= 0.6 is 0 Å². The average molecular weight is 617 g/mol. The molecule has 4 rings (SSSR count). The van der Waals surface area contributed by atoms with E-state index in [0.29, 0.717) is 48.9 Å². The Morgan fingerprint density at radius 3 is 2.24 bits per heavy atom. The van der Waals surface area contributed by atoms with E-state index in [2.05, 4.69) is 10.2 Å². The van der Waals surface area contributed by atoms with Crippen LogP contribution in [0.2, 0.25) is 0 Å². The molecule has 0 atom stereocenters. The lowest BCUT2D eigenvalue weighted by molar-refractivity contribution is 0.0365. The van der Waals surface area contributed by atoms with Gasteiger partial charge in [0.2, 0.25) is 0 Å². The molecule has 240 valence electrons. The summed E-state index contributed by atoms with van der Waals surface area (Å²) in [5, 5.41) is 2.83. The summed E-state index contributed by atoms with van der Waals surface area (Å²) < 4.78 is 15.9. The van der Waals surface area contributed by atoms with Crippen LogP contribution < -0.4 is 10.2 Å². The minimum atomic E-state index is -0.705. The Balaban J connectivity index is 1.71. The highest BCUT2D eigenvalue weighted by atomic mass is 16.6. The number of esters is 1. The van der Waals surface area contributed by atoms with Crippen LogP contribution in [-0.2, 0) is 20.8 Å². The fraction of sp³-hybridized carbons (Fsp3) is 0.400. The summed E-state index contributed by atoms with van der Waals surface area (Å²) in [5.41, 5.74) is 3.18. The van der Waals surface area contributed by atoms with Gasteiger partial charge in [-0.1, -0.05) is 42.0 Å². The minimum Gasteiger partial charge on any atom is -0.465 e. The lowest BCUT2D eigenvalue weighted by atomic mass is 10.1. The lowest BCUT2D eigenvalue weighted by Gasteiger charge is -2.33. The number of morpholine rings is 1. The number of rotatable bonds is 10. The first-order chi connectivity index (χ1) is 21.5. The van der Waals surface area contributed by atoms with Crippen molar-refractivity contribution in [1.29, 1.82) is 0 Å². The van der Waals surface area contributed by atoms with Crippen LogP contribution in [0.1, 0.15) is 48.7 Å². The number of nitrogens with zero attached hydrogens (tertiary/aromatic N) is 3. The molecule has 10 nitrogen and oxygen atoms in total. The molecular formula is C35H44N4O6. The largest absolute Gasteiger partial charge is 0.465 e. The normalized spacial score (nSPS) is 13.5. The number of hydrogen-bond acceptors (Lipinski definition) is 7.